The molecule has 0 aliphatic heterocycles. The van der Waals surface area contributed by atoms with Gasteiger partial charge in [-0.25, -0.2) is 0 Å². The molecule has 0 atom stereocenters. The van der Waals surface area contributed by atoms with Crippen LogP contribution in [0.25, 0.3) is 0 Å². The number of ketones is 4. The fourth-order valence-corrected chi connectivity index (χ4v) is 7.21. The Morgan fingerprint density at radius 3 is 1.31 bits per heavy atom. The lowest BCUT2D eigenvalue weighted by Crippen LogP contribution is -2.41. The molecule has 0 heterocycles. The Hall–Kier alpha value is -2.62. The molecule has 4 bridgehead atoms. The molecule has 6 aliphatic rings. The maximum atomic E-state index is 12.9. The summed E-state index contributed by atoms with van der Waals surface area (Å²) in [5.41, 5.74) is 3.74. The van der Waals surface area contributed by atoms with Crippen LogP contribution in [0.3, 0.4) is 0 Å². The van der Waals surface area contributed by atoms with Crippen molar-refractivity contribution in [2.24, 2.45) is 34.5 Å². The monoisotopic (exact) mass is 472 g/mol. The molecule has 35 heavy (non-hydrogen) atoms. The number of hydrogen-bond donors (Lipinski definition) is 0. The van der Waals surface area contributed by atoms with Crippen LogP contribution in [-0.4, -0.2) is 23.1 Å². The normalized spacial score (nSPS) is 30.9. The van der Waals surface area contributed by atoms with Crippen LogP contribution in [0.1, 0.15) is 73.6 Å². The van der Waals surface area contributed by atoms with Gasteiger partial charge in [-0.3, -0.25) is 19.2 Å². The zero-order valence-corrected chi connectivity index (χ0v) is 21.8. The van der Waals surface area contributed by atoms with Crippen molar-refractivity contribution < 1.29 is 19.2 Å². The van der Waals surface area contributed by atoms with Crippen LogP contribution in [-0.2, 0) is 19.2 Å². The van der Waals surface area contributed by atoms with E-state index in [1.165, 1.54) is 24.1 Å². The molecular weight excluding hydrogens is 436 g/mol. The summed E-state index contributed by atoms with van der Waals surface area (Å²) in [7, 11) is 0. The second-order valence-electron chi connectivity index (χ2n) is 13.3. The SMILES string of the molecule is CC(C)(C)C1=CC(C(C2=CC(=O)C(=O)C(C(C)(C)C)=C2)=C2C3CC4CC(C3)CC2C4)=CC(=O)C1=O. The predicted octanol–water partition coefficient (Wildman–Crippen LogP) is 5.84. The third-order valence-corrected chi connectivity index (χ3v) is 8.61. The van der Waals surface area contributed by atoms with E-state index in [4.69, 9.17) is 0 Å². The first-order chi connectivity index (χ1) is 16.2. The fraction of sp³-hybridized carbons (Fsp3) is 0.548. The Bertz CT molecular complexity index is 1110. The average Bonchev–Trinajstić information content (AvgIpc) is 2.72. The van der Waals surface area contributed by atoms with E-state index < -0.39 is 34.0 Å². The van der Waals surface area contributed by atoms with Gasteiger partial charge < -0.3 is 0 Å². The molecule has 184 valence electrons. The standard InChI is InChI=1S/C31H36O4/c1-30(2,3)22-12-20(14-24(32)28(22)34)27(21-13-23(31(4,5)6)29(35)25(33)15-21)26-18-8-16-7-17(10-18)11-19(26)9-16/h12-19H,7-11H2,1-6H3. The molecule has 0 aromatic rings. The van der Waals surface area contributed by atoms with E-state index >= 15 is 0 Å². The van der Waals surface area contributed by atoms with Crippen molar-refractivity contribution in [3.8, 4) is 0 Å². The summed E-state index contributed by atoms with van der Waals surface area (Å²) in [6, 6.07) is 0. The molecule has 0 unspecified atom stereocenters. The van der Waals surface area contributed by atoms with Crippen LogP contribution in [0.2, 0.25) is 0 Å². The number of carbonyl (C=O) groups excluding carboxylic acids is 4. The van der Waals surface area contributed by atoms with Gasteiger partial charge in [-0.1, -0.05) is 47.1 Å². The Balaban J connectivity index is 1.76. The highest BCUT2D eigenvalue weighted by atomic mass is 16.2. The van der Waals surface area contributed by atoms with Gasteiger partial charge in [0.05, 0.1) is 0 Å². The Labute approximate surface area is 208 Å². The fourth-order valence-electron chi connectivity index (χ4n) is 7.21. The molecule has 6 rings (SSSR count). The van der Waals surface area contributed by atoms with Crippen molar-refractivity contribution in [3.05, 3.63) is 57.7 Å². The second-order valence-corrected chi connectivity index (χ2v) is 13.3. The summed E-state index contributed by atoms with van der Waals surface area (Å²) in [5.74, 6) is 0.465. The Kier molecular flexibility index (Phi) is 5.47. The van der Waals surface area contributed by atoms with E-state index in [0.717, 1.165) is 54.2 Å². The van der Waals surface area contributed by atoms with Gasteiger partial charge in [0.25, 0.3) is 0 Å². The van der Waals surface area contributed by atoms with E-state index in [-0.39, 0.29) is 0 Å². The molecular formula is C31H36O4. The highest BCUT2D eigenvalue weighted by molar-refractivity contribution is 6.49. The third kappa shape index (κ3) is 4.09. The van der Waals surface area contributed by atoms with Gasteiger partial charge in [-0.2, -0.15) is 0 Å². The molecule has 4 fully saturated rings. The van der Waals surface area contributed by atoms with E-state index in [1.54, 1.807) is 0 Å². The zero-order valence-electron chi connectivity index (χ0n) is 21.8. The molecule has 4 nitrogen and oxygen atoms in total. The molecule has 0 radical (unpaired) electrons. The van der Waals surface area contributed by atoms with Gasteiger partial charge in [0.15, 0.2) is 0 Å². The number of allylic oxidation sites excluding steroid dienone is 10. The maximum Gasteiger partial charge on any atom is 0.229 e. The number of hydrogen-bond acceptors (Lipinski definition) is 4. The van der Waals surface area contributed by atoms with Crippen LogP contribution in [0.4, 0.5) is 0 Å². The minimum absolute atomic E-state index is 0.432. The average molecular weight is 473 g/mol. The van der Waals surface area contributed by atoms with Crippen molar-refractivity contribution in [1.29, 1.82) is 0 Å². The Morgan fingerprint density at radius 1 is 0.600 bits per heavy atom. The van der Waals surface area contributed by atoms with Crippen LogP contribution >= 0.6 is 0 Å². The van der Waals surface area contributed by atoms with Gasteiger partial charge >= 0.3 is 0 Å². The van der Waals surface area contributed by atoms with Crippen molar-refractivity contribution in [1.82, 2.24) is 0 Å². The van der Waals surface area contributed by atoms with Crippen molar-refractivity contribution in [2.75, 3.05) is 0 Å². The van der Waals surface area contributed by atoms with E-state index in [0.29, 0.717) is 23.0 Å². The lowest BCUT2D eigenvalue weighted by molar-refractivity contribution is -0.132. The molecule has 4 heteroatoms. The minimum atomic E-state index is -0.506. The lowest BCUT2D eigenvalue weighted by Gasteiger charge is -2.52. The van der Waals surface area contributed by atoms with Crippen LogP contribution in [0, 0.1) is 34.5 Å². The molecule has 0 aromatic carbocycles. The topological polar surface area (TPSA) is 68.3 Å². The van der Waals surface area contributed by atoms with Gasteiger partial charge in [0.2, 0.25) is 23.1 Å². The number of Topliss-reactive ketones (excluding diaryl/α,β-unsaturated/α-hetero) is 2. The van der Waals surface area contributed by atoms with Crippen LogP contribution in [0.15, 0.2) is 57.7 Å². The second kappa shape index (κ2) is 7.94. The van der Waals surface area contributed by atoms with Gasteiger partial charge in [-0.15, -0.1) is 0 Å². The largest absolute Gasteiger partial charge is 0.286 e. The smallest absolute Gasteiger partial charge is 0.229 e. The minimum Gasteiger partial charge on any atom is -0.286 e. The first kappa shape index (κ1) is 24.1. The summed E-state index contributed by atoms with van der Waals surface area (Å²) in [5, 5.41) is 0. The highest BCUT2D eigenvalue weighted by Crippen LogP contribution is 2.58. The van der Waals surface area contributed by atoms with Crippen molar-refractivity contribution >= 4 is 23.1 Å². The predicted molar refractivity (Wildman–Crippen MR) is 135 cm³/mol. The van der Waals surface area contributed by atoms with Gasteiger partial charge in [0, 0.05) is 11.1 Å². The van der Waals surface area contributed by atoms with E-state index in [9.17, 15) is 19.2 Å². The summed E-state index contributed by atoms with van der Waals surface area (Å²) in [6.45, 7) is 11.7. The van der Waals surface area contributed by atoms with Crippen LogP contribution in [0.5, 0.6) is 0 Å². The van der Waals surface area contributed by atoms with E-state index in [1.807, 2.05) is 53.7 Å². The summed E-state index contributed by atoms with van der Waals surface area (Å²) in [4.78, 5) is 51.5. The number of carbonyl (C=O) groups is 4. The van der Waals surface area contributed by atoms with Gasteiger partial charge in [-0.05, 0) is 108 Å². The first-order valence-electron chi connectivity index (χ1n) is 13.0. The molecule has 0 spiro atoms. The maximum absolute atomic E-state index is 12.9. The molecule has 0 amide bonds. The molecule has 6 aliphatic carbocycles. The highest BCUT2D eigenvalue weighted by Gasteiger charge is 2.47. The zero-order chi connectivity index (χ0) is 25.4. The Morgan fingerprint density at radius 2 is 0.971 bits per heavy atom. The third-order valence-electron chi connectivity index (χ3n) is 8.61. The summed E-state index contributed by atoms with van der Waals surface area (Å²) < 4.78 is 0. The van der Waals surface area contributed by atoms with Crippen molar-refractivity contribution in [3.63, 3.8) is 0 Å². The quantitative estimate of drug-likeness (QED) is 0.374. The van der Waals surface area contributed by atoms with Crippen molar-refractivity contribution in [2.45, 2.75) is 73.6 Å². The summed E-state index contributed by atoms with van der Waals surface area (Å²) in [6.07, 6.45) is 12.6. The number of rotatable bonds is 2. The summed E-state index contributed by atoms with van der Waals surface area (Å²) >= 11 is 0. The van der Waals surface area contributed by atoms with Gasteiger partial charge in [0.1, 0.15) is 0 Å². The molecule has 0 saturated heterocycles. The first-order valence-corrected chi connectivity index (χ1v) is 13.0. The molecule has 0 aromatic heterocycles. The van der Waals surface area contributed by atoms with Crippen LogP contribution < -0.4 is 0 Å². The molecule has 4 saturated carbocycles. The molecule has 0 N–H and O–H groups in total. The lowest BCUT2D eigenvalue weighted by atomic mass is 9.52. The van der Waals surface area contributed by atoms with E-state index in [2.05, 4.69) is 0 Å².